The maximum Gasteiger partial charge on any atom is 0.279 e. The highest BCUT2D eigenvalue weighted by Crippen LogP contribution is 2.32. The molecule has 1 aliphatic rings. The van der Waals surface area contributed by atoms with Crippen LogP contribution in [0.25, 0.3) is 26.7 Å². The number of benzene rings is 1. The van der Waals surface area contributed by atoms with Gasteiger partial charge >= 0.3 is 0 Å². The topological polar surface area (TPSA) is 63.9 Å². The molecule has 158 valence electrons. The Morgan fingerprint density at radius 2 is 2.06 bits per heavy atom. The molecule has 0 N–H and O–H groups in total. The minimum absolute atomic E-state index is 0.0434. The van der Waals surface area contributed by atoms with Crippen molar-refractivity contribution in [3.63, 3.8) is 0 Å². The van der Waals surface area contributed by atoms with Gasteiger partial charge in [0.05, 0.1) is 34.1 Å². The van der Waals surface area contributed by atoms with Crippen LogP contribution in [0.3, 0.4) is 0 Å². The van der Waals surface area contributed by atoms with Gasteiger partial charge in [0.1, 0.15) is 0 Å². The van der Waals surface area contributed by atoms with Crippen LogP contribution < -0.4 is 5.56 Å². The maximum absolute atomic E-state index is 13.8. The first-order valence-corrected chi connectivity index (χ1v) is 11.3. The molecule has 0 radical (unpaired) electrons. The number of carbonyl (C=O) groups is 1. The van der Waals surface area contributed by atoms with Crippen molar-refractivity contribution in [1.82, 2.24) is 14.5 Å². The molecule has 1 aliphatic heterocycles. The first-order chi connectivity index (χ1) is 15.1. The molecule has 0 unspecified atom stereocenters. The molecule has 31 heavy (non-hydrogen) atoms. The van der Waals surface area contributed by atoms with E-state index in [4.69, 9.17) is 4.74 Å². The van der Waals surface area contributed by atoms with Gasteiger partial charge in [-0.1, -0.05) is 30.3 Å². The smallest absolute Gasteiger partial charge is 0.279 e. The van der Waals surface area contributed by atoms with E-state index in [1.807, 2.05) is 53.6 Å². The molecule has 6 nitrogen and oxygen atoms in total. The zero-order valence-corrected chi connectivity index (χ0v) is 18.3. The molecular formula is C24H23N3O3S. The number of methoxy groups -OCH3 is 1. The summed E-state index contributed by atoms with van der Waals surface area (Å²) in [6, 6.07) is 13.3. The largest absolute Gasteiger partial charge is 0.383 e. The van der Waals surface area contributed by atoms with Crippen LogP contribution in [-0.4, -0.2) is 46.7 Å². The van der Waals surface area contributed by atoms with E-state index in [9.17, 15) is 9.59 Å². The van der Waals surface area contributed by atoms with E-state index in [1.54, 1.807) is 13.2 Å². The van der Waals surface area contributed by atoms with Gasteiger partial charge in [-0.25, -0.2) is 0 Å². The number of carbonyl (C=O) groups excluding carboxylic acids is 1. The molecule has 5 rings (SSSR count). The molecule has 0 bridgehead atoms. The van der Waals surface area contributed by atoms with Crippen LogP contribution in [0.2, 0.25) is 0 Å². The lowest BCUT2D eigenvalue weighted by Crippen LogP contribution is -2.39. The van der Waals surface area contributed by atoms with E-state index in [-0.39, 0.29) is 17.5 Å². The average Bonchev–Trinajstić information content (AvgIpc) is 3.45. The van der Waals surface area contributed by atoms with Crippen LogP contribution in [0.4, 0.5) is 0 Å². The summed E-state index contributed by atoms with van der Waals surface area (Å²) in [4.78, 5) is 29.2. The fraction of sp³-hybridized carbons (Fsp3) is 0.292. The number of hydrogen-bond acceptors (Lipinski definition) is 5. The third-order valence-electron chi connectivity index (χ3n) is 6.01. The van der Waals surface area contributed by atoms with Crippen molar-refractivity contribution in [2.45, 2.75) is 25.8 Å². The number of nitrogens with zero attached hydrogens (tertiary/aromatic N) is 3. The first-order valence-electron chi connectivity index (χ1n) is 10.4. The normalized spacial score (nSPS) is 16.5. The van der Waals surface area contributed by atoms with Gasteiger partial charge in [-0.2, -0.15) is 9.61 Å². The predicted octanol–water partition coefficient (Wildman–Crippen LogP) is 4.14. The van der Waals surface area contributed by atoms with Gasteiger partial charge < -0.3 is 9.64 Å². The second-order valence-electron chi connectivity index (χ2n) is 7.90. The van der Waals surface area contributed by atoms with Crippen LogP contribution in [0.15, 0.2) is 52.6 Å². The van der Waals surface area contributed by atoms with Gasteiger partial charge in [0.15, 0.2) is 0 Å². The Labute approximate surface area is 183 Å². The predicted molar refractivity (Wildman–Crippen MR) is 123 cm³/mol. The van der Waals surface area contributed by atoms with Crippen molar-refractivity contribution in [2.24, 2.45) is 0 Å². The molecule has 7 heteroatoms. The van der Waals surface area contributed by atoms with E-state index >= 15 is 0 Å². The molecule has 1 fully saturated rings. The molecule has 4 aromatic rings. The Hall–Kier alpha value is -3.03. The summed E-state index contributed by atoms with van der Waals surface area (Å²) in [6.07, 6.45) is 1.86. The number of rotatable bonds is 4. The molecule has 1 atom stereocenters. The van der Waals surface area contributed by atoms with Crippen molar-refractivity contribution in [2.75, 3.05) is 20.3 Å². The lowest BCUT2D eigenvalue weighted by atomic mass is 10.0. The maximum atomic E-state index is 13.8. The molecule has 4 heterocycles. The lowest BCUT2D eigenvalue weighted by molar-refractivity contribution is 0.0632. The number of thiophene rings is 1. The van der Waals surface area contributed by atoms with Crippen molar-refractivity contribution >= 4 is 32.8 Å². The summed E-state index contributed by atoms with van der Waals surface area (Å²) in [7, 11) is 1.66. The Morgan fingerprint density at radius 1 is 1.26 bits per heavy atom. The number of hydrogen-bond donors (Lipinski definition) is 0. The van der Waals surface area contributed by atoms with Gasteiger partial charge in [-0.15, -0.1) is 11.3 Å². The summed E-state index contributed by atoms with van der Waals surface area (Å²) in [5.41, 5.74) is 2.91. The zero-order chi connectivity index (χ0) is 21.5. The van der Waals surface area contributed by atoms with Crippen molar-refractivity contribution in [3.05, 3.63) is 69.5 Å². The van der Waals surface area contributed by atoms with Crippen LogP contribution in [-0.2, 0) is 4.74 Å². The first kappa shape index (κ1) is 19.9. The Bertz CT molecular complexity index is 1340. The molecule has 0 spiro atoms. The second kappa shape index (κ2) is 7.90. The number of amides is 1. The Kier molecular flexibility index (Phi) is 5.08. The monoisotopic (exact) mass is 433 g/mol. The van der Waals surface area contributed by atoms with Gasteiger partial charge in [-0.05, 0) is 42.8 Å². The zero-order valence-electron chi connectivity index (χ0n) is 17.5. The highest BCUT2D eigenvalue weighted by molar-refractivity contribution is 7.18. The number of aromatic nitrogens is 2. The van der Waals surface area contributed by atoms with Crippen molar-refractivity contribution in [1.29, 1.82) is 0 Å². The minimum atomic E-state index is -0.217. The molecule has 0 aliphatic carbocycles. The van der Waals surface area contributed by atoms with Crippen LogP contribution in [0.5, 0.6) is 0 Å². The molecule has 1 amide bonds. The van der Waals surface area contributed by atoms with Crippen molar-refractivity contribution < 1.29 is 9.53 Å². The van der Waals surface area contributed by atoms with Gasteiger partial charge in [0.25, 0.3) is 11.5 Å². The summed E-state index contributed by atoms with van der Waals surface area (Å²) < 4.78 is 7.69. The SMILES string of the molecule is COC[C@H]1CCCN1C(=O)c1cc(-c2ccccc2)c(=O)n2nc(C)c3ccsc3c12. The minimum Gasteiger partial charge on any atom is -0.383 e. The quantitative estimate of drug-likeness (QED) is 0.485. The van der Waals surface area contributed by atoms with Crippen LogP contribution >= 0.6 is 11.3 Å². The Balaban J connectivity index is 1.81. The number of ether oxygens (including phenoxy) is 1. The lowest BCUT2D eigenvalue weighted by Gasteiger charge is -2.25. The fourth-order valence-electron chi connectivity index (χ4n) is 4.51. The third kappa shape index (κ3) is 3.25. The van der Waals surface area contributed by atoms with Crippen LogP contribution in [0, 0.1) is 6.92 Å². The van der Waals surface area contributed by atoms with E-state index in [2.05, 4.69) is 5.10 Å². The average molecular weight is 434 g/mol. The summed E-state index contributed by atoms with van der Waals surface area (Å²) in [5, 5.41) is 7.55. The fourth-order valence-corrected chi connectivity index (χ4v) is 5.50. The molecule has 1 aromatic carbocycles. The van der Waals surface area contributed by atoms with E-state index < -0.39 is 0 Å². The summed E-state index contributed by atoms with van der Waals surface area (Å²) in [6.45, 7) is 3.09. The van der Waals surface area contributed by atoms with E-state index in [0.717, 1.165) is 34.2 Å². The molecule has 1 saturated heterocycles. The number of fused-ring (bicyclic) bond motifs is 3. The van der Waals surface area contributed by atoms with E-state index in [0.29, 0.717) is 29.8 Å². The summed E-state index contributed by atoms with van der Waals surface area (Å²) >= 11 is 1.53. The van der Waals surface area contributed by atoms with E-state index in [1.165, 1.54) is 15.9 Å². The Morgan fingerprint density at radius 3 is 2.84 bits per heavy atom. The van der Waals surface area contributed by atoms with Crippen molar-refractivity contribution in [3.8, 4) is 11.1 Å². The highest BCUT2D eigenvalue weighted by atomic mass is 32.1. The van der Waals surface area contributed by atoms with Gasteiger partial charge in [0, 0.05) is 24.6 Å². The number of aryl methyl sites for hydroxylation is 1. The molecule has 3 aromatic heterocycles. The standard InChI is InChI=1S/C24H23N3O3S/c1-15-18-10-12-31-22(18)21-20(23(28)26-11-6-9-17(26)14-30-2)13-19(24(29)27(21)25-15)16-7-4-3-5-8-16/h3-5,7-8,10,12-13,17H,6,9,11,14H2,1-2H3/t17-/m1/s1. The van der Waals surface area contributed by atoms with Crippen LogP contribution in [0.1, 0.15) is 28.9 Å². The second-order valence-corrected chi connectivity index (χ2v) is 8.82. The number of likely N-dealkylation sites (tertiary alicyclic amines) is 1. The third-order valence-corrected chi connectivity index (χ3v) is 6.93. The molecular weight excluding hydrogens is 410 g/mol. The number of pyridine rings is 1. The highest BCUT2D eigenvalue weighted by Gasteiger charge is 2.32. The molecule has 0 saturated carbocycles. The van der Waals surface area contributed by atoms with Gasteiger partial charge in [-0.3, -0.25) is 9.59 Å². The van der Waals surface area contributed by atoms with Gasteiger partial charge in [0.2, 0.25) is 0 Å². The summed E-state index contributed by atoms with van der Waals surface area (Å²) in [5.74, 6) is -0.0745.